The molecule has 0 bridgehead atoms. The summed E-state index contributed by atoms with van der Waals surface area (Å²) in [7, 11) is 3.28. The Bertz CT molecular complexity index is 1380. The Morgan fingerprint density at radius 3 is 1.55 bits per heavy atom. The average molecular weight is 1250 g/mol. The van der Waals surface area contributed by atoms with Gasteiger partial charge in [-0.05, 0) is 87.1 Å². The van der Waals surface area contributed by atoms with Crippen molar-refractivity contribution in [3.63, 3.8) is 0 Å². The summed E-state index contributed by atoms with van der Waals surface area (Å²) in [5, 5.41) is 19.2. The van der Waals surface area contributed by atoms with E-state index in [1.165, 1.54) is 16.7 Å². The van der Waals surface area contributed by atoms with Crippen molar-refractivity contribution in [3.8, 4) is 11.5 Å². The molecule has 0 aliphatic carbocycles. The van der Waals surface area contributed by atoms with Crippen LogP contribution in [-0.2, 0) is 22.2 Å². The number of ether oxygens (including phenoxy) is 2. The molecule has 0 saturated heterocycles. The van der Waals surface area contributed by atoms with Crippen molar-refractivity contribution in [3.05, 3.63) is 125 Å². The fourth-order valence-corrected chi connectivity index (χ4v) is 5.62. The van der Waals surface area contributed by atoms with Gasteiger partial charge in [0.15, 0.2) is 0 Å². The maximum atomic E-state index is 8.32. The van der Waals surface area contributed by atoms with Crippen LogP contribution in [0.5, 0.6) is 11.5 Å². The summed E-state index contributed by atoms with van der Waals surface area (Å²) in [6.45, 7) is 8.75. The van der Waals surface area contributed by atoms with Crippen LogP contribution in [0.1, 0.15) is 62.0 Å². The number of hydrogen-bond donors (Lipinski definition) is 3. The summed E-state index contributed by atoms with van der Waals surface area (Å²) >= 11 is 10.4. The zero-order valence-corrected chi connectivity index (χ0v) is 40.0. The van der Waals surface area contributed by atoms with Gasteiger partial charge in [-0.25, -0.2) is 5.26 Å². The van der Waals surface area contributed by atoms with Crippen LogP contribution in [0, 0.1) is 0 Å². The second-order valence-electron chi connectivity index (χ2n) is 10.9. The van der Waals surface area contributed by atoms with Crippen molar-refractivity contribution < 1.29 is 37.4 Å². The third-order valence-electron chi connectivity index (χ3n) is 7.29. The molecule has 0 unspecified atom stereocenters. The molecule has 0 aliphatic rings. The summed E-state index contributed by atoms with van der Waals surface area (Å²) in [5.41, 5.74) is 5.06. The summed E-state index contributed by atoms with van der Waals surface area (Å²) in [6.07, 6.45) is 1.87. The van der Waals surface area contributed by atoms with Gasteiger partial charge in [0.05, 0.1) is 31.2 Å². The van der Waals surface area contributed by atoms with Crippen molar-refractivity contribution in [2.45, 2.75) is 69.6 Å². The molecule has 7 nitrogen and oxygen atoms in total. The Balaban J connectivity index is 0.000000438. The second kappa shape index (κ2) is 29.7. The molecule has 0 aromatic heterocycles. The summed E-state index contributed by atoms with van der Waals surface area (Å²) in [4.78, 5) is 0.743. The molecule has 0 radical (unpaired) electrons. The molecular weight excluding hydrogens is 1210 g/mol. The molecule has 272 valence electrons. The van der Waals surface area contributed by atoms with Crippen LogP contribution in [0.2, 0.25) is 0 Å². The van der Waals surface area contributed by atoms with E-state index in [-0.39, 0.29) is 6.04 Å². The topological polar surface area (TPSA) is 81.2 Å². The van der Waals surface area contributed by atoms with Gasteiger partial charge >= 0.3 is 50.5 Å². The first-order valence-corrected chi connectivity index (χ1v) is 34.9. The first kappa shape index (κ1) is 47.3. The van der Waals surface area contributed by atoms with Crippen molar-refractivity contribution in [1.82, 2.24) is 10.6 Å². The van der Waals surface area contributed by atoms with Gasteiger partial charge < -0.3 is 20.1 Å². The van der Waals surface area contributed by atoms with Gasteiger partial charge in [-0.1, -0.05) is 83.9 Å². The molecule has 0 spiro atoms. The molecule has 0 saturated carbocycles. The second-order valence-corrected chi connectivity index (χ2v) is 27.9. The molecule has 4 rings (SSSR count). The number of methoxy groups -OCH3 is 2. The van der Waals surface area contributed by atoms with Gasteiger partial charge in [0.1, 0.15) is 11.5 Å². The van der Waals surface area contributed by atoms with Gasteiger partial charge in [-0.3, -0.25) is 0 Å². The normalized spacial score (nSPS) is 12.8. The fraction of sp³-hybridized carbons (Fsp3) is 0.333. The van der Waals surface area contributed by atoms with E-state index in [0.29, 0.717) is 37.1 Å². The molecule has 4 aromatic carbocycles. The van der Waals surface area contributed by atoms with E-state index >= 15 is 0 Å². The first-order valence-electron chi connectivity index (χ1n) is 15.3. The van der Waals surface area contributed by atoms with Gasteiger partial charge in [-0.2, -0.15) is 0 Å². The number of hydrogen-bond acceptors (Lipinski definition) is 8. The third-order valence-corrected chi connectivity index (χ3v) is 7.92. The van der Waals surface area contributed by atoms with E-state index in [1.807, 2.05) is 48.5 Å². The molecular formula is C36H46I5N2O5S-. The van der Waals surface area contributed by atoms with Gasteiger partial charge in [0, 0.05) is 61.4 Å². The molecule has 0 amide bonds. The third kappa shape index (κ3) is 20.4. The van der Waals surface area contributed by atoms with Gasteiger partial charge in [-0.15, -0.1) is 4.33 Å². The van der Waals surface area contributed by atoms with Crippen LogP contribution >= 0.6 is 86.5 Å². The van der Waals surface area contributed by atoms with E-state index < -0.39 is 0 Å². The number of rotatable bonds is 15. The predicted octanol–water partition coefficient (Wildman–Crippen LogP) is 8.93. The van der Waals surface area contributed by atoms with E-state index in [0.717, 1.165) is 41.1 Å². The summed E-state index contributed by atoms with van der Waals surface area (Å²) in [6, 6.07) is 36.4. The Kier molecular flexibility index (Phi) is 28.7. The fourth-order valence-electron chi connectivity index (χ4n) is 5.08. The van der Waals surface area contributed by atoms with Crippen LogP contribution in [0.25, 0.3) is 0 Å². The molecule has 0 fully saturated rings. The monoisotopic (exact) mass is 1250 g/mol. The van der Waals surface area contributed by atoms with E-state index in [4.69, 9.17) is 14.7 Å². The van der Waals surface area contributed by atoms with Crippen LogP contribution in [0.15, 0.2) is 108 Å². The van der Waals surface area contributed by atoms with E-state index in [1.54, 1.807) is 14.2 Å². The Hall–Kier alpha value is 0.280. The standard InChI is InChI=1S/C18H23NO4S.C18H23NO.I3.I2/c1-13(19-14(2)16-7-5-4-6-8-16)11-15-9-10-17(21-3)18(12-15)24-23-22-20;1-14(13-16-9-11-18(20-3)12-10-16)19-15(2)17-7-5-4-6-8-17;1-3-2;1-2/h4-10,12-14,19-20H,11H2,1-3H3;4-12,14-15,19H,13H2,1-3H3;;/q;;-1;/t13-,14-;14-,15-;;/m11../s1. The maximum absolute atomic E-state index is 8.32. The summed E-state index contributed by atoms with van der Waals surface area (Å²) < 4.78 is 15.0. The molecule has 3 N–H and O–H groups in total. The molecule has 0 aliphatic heterocycles. The quantitative estimate of drug-likeness (QED) is 0.0472. The average Bonchev–Trinajstić information content (AvgIpc) is 3.13. The molecule has 13 heteroatoms. The van der Waals surface area contributed by atoms with Crippen LogP contribution in [0.3, 0.4) is 0 Å². The van der Waals surface area contributed by atoms with Crippen LogP contribution in [0.4, 0.5) is 0 Å². The van der Waals surface area contributed by atoms with Crippen molar-refractivity contribution in [2.75, 3.05) is 14.2 Å². The minimum atomic E-state index is 0.277. The zero-order valence-electron chi connectivity index (χ0n) is 28.4. The minimum absolute atomic E-state index is 0.277. The number of benzene rings is 4. The molecule has 49 heavy (non-hydrogen) atoms. The van der Waals surface area contributed by atoms with E-state index in [9.17, 15) is 0 Å². The molecule has 0 heterocycles. The first-order chi connectivity index (χ1) is 23.7. The van der Waals surface area contributed by atoms with Crippen molar-refractivity contribution in [1.29, 1.82) is 0 Å². The Labute approximate surface area is 350 Å². The van der Waals surface area contributed by atoms with Crippen LogP contribution in [-0.4, -0.2) is 31.6 Å². The van der Waals surface area contributed by atoms with Gasteiger partial charge in [0.2, 0.25) is 0 Å². The predicted molar refractivity (Wildman–Crippen MR) is 235 cm³/mol. The molecule has 4 aromatic rings. The zero-order chi connectivity index (χ0) is 36.4. The van der Waals surface area contributed by atoms with Crippen molar-refractivity contribution in [2.24, 2.45) is 0 Å². The van der Waals surface area contributed by atoms with Gasteiger partial charge in [0.25, 0.3) is 0 Å². The Morgan fingerprint density at radius 2 is 1.12 bits per heavy atom. The summed E-state index contributed by atoms with van der Waals surface area (Å²) in [5.74, 6) is 1.58. The van der Waals surface area contributed by atoms with E-state index in [2.05, 4.69) is 177 Å². The molecule has 4 atom stereocenters. The Morgan fingerprint density at radius 1 is 0.673 bits per heavy atom. The number of nitrogens with one attached hydrogen (secondary N) is 2. The number of halogens is 5. The van der Waals surface area contributed by atoms with Crippen LogP contribution < -0.4 is 33.4 Å². The SMILES string of the molecule is COc1ccc(C[C@@H](C)N[C@H](C)c2ccccc2)cc1.COc1ccc(C[C@@H](C)N[C@H](C)c2ccccc2)cc1SOOO.II.I[I-]I. The van der Waals surface area contributed by atoms with Crippen molar-refractivity contribution >= 4 is 86.5 Å².